The largest absolute Gasteiger partial charge is 0.395 e. The third-order valence-electron chi connectivity index (χ3n) is 2.77. The van der Waals surface area contributed by atoms with E-state index in [4.69, 9.17) is 5.11 Å². The number of carbonyl (C=O) groups is 1. The molecule has 0 aliphatic rings. The first-order valence-corrected chi connectivity index (χ1v) is 8.03. The Labute approximate surface area is 136 Å². The van der Waals surface area contributed by atoms with Gasteiger partial charge in [0.05, 0.1) is 16.0 Å². The maximum absolute atomic E-state index is 12.1. The second kappa shape index (κ2) is 7.41. The Balaban J connectivity index is 2.11. The lowest BCUT2D eigenvalue weighted by Crippen LogP contribution is -2.11. The molecule has 3 nitrogen and oxygen atoms in total. The van der Waals surface area contributed by atoms with Crippen molar-refractivity contribution in [3.05, 3.63) is 50.1 Å². The lowest BCUT2D eigenvalue weighted by Gasteiger charge is -2.07. The number of aliphatic hydroxyl groups excluding tert-OH is 1. The van der Waals surface area contributed by atoms with Crippen LogP contribution in [0.15, 0.2) is 33.4 Å². The summed E-state index contributed by atoms with van der Waals surface area (Å²) in [6.07, 6.45) is 0.463. The fourth-order valence-electron chi connectivity index (χ4n) is 1.73. The molecule has 0 aliphatic carbocycles. The minimum Gasteiger partial charge on any atom is -0.395 e. The van der Waals surface area contributed by atoms with E-state index in [1.807, 2.05) is 30.5 Å². The van der Waals surface area contributed by atoms with Crippen molar-refractivity contribution in [2.45, 2.75) is 13.3 Å². The van der Waals surface area contributed by atoms with Crippen LogP contribution in [0.3, 0.4) is 0 Å². The first-order valence-electron chi connectivity index (χ1n) is 6.36. The summed E-state index contributed by atoms with van der Waals surface area (Å²) in [5, 5.41) is 13.4. The number of benzene rings is 1. The van der Waals surface area contributed by atoms with Crippen LogP contribution >= 0.6 is 27.3 Å². The normalized spacial score (nSPS) is 9.86. The summed E-state index contributed by atoms with van der Waals surface area (Å²) in [7, 11) is 0. The maximum Gasteiger partial charge on any atom is 0.256 e. The molecule has 1 amide bonds. The molecule has 0 radical (unpaired) electrons. The van der Waals surface area contributed by atoms with E-state index in [-0.39, 0.29) is 12.5 Å². The second-order valence-electron chi connectivity index (χ2n) is 4.40. The van der Waals surface area contributed by atoms with Crippen molar-refractivity contribution in [3.63, 3.8) is 0 Å². The number of rotatable bonds is 3. The lowest BCUT2D eigenvalue weighted by atomic mass is 10.1. The summed E-state index contributed by atoms with van der Waals surface area (Å²) in [5.41, 5.74) is 3.23. The summed E-state index contributed by atoms with van der Waals surface area (Å²) in [6, 6.07) is 7.42. The molecule has 1 aromatic carbocycles. The Morgan fingerprint density at radius 2 is 2.24 bits per heavy atom. The number of hydrogen-bond donors (Lipinski definition) is 2. The molecular formula is C16H14BrNO2S. The van der Waals surface area contributed by atoms with Gasteiger partial charge in [-0.2, -0.15) is 0 Å². The molecule has 1 heterocycles. The molecule has 0 unspecified atom stereocenters. The number of carbonyl (C=O) groups excluding carboxylic acids is 1. The van der Waals surface area contributed by atoms with Crippen molar-refractivity contribution in [2.75, 3.05) is 11.9 Å². The standard InChI is InChI=1S/C16H14BrNO2S/c1-11-8-12(4-2-3-7-19)5-6-14(11)18-16(20)13-9-15(17)21-10-13/h5-6,8-10,19H,3,7H2,1H3,(H,18,20). The molecule has 0 fully saturated rings. The van der Waals surface area contributed by atoms with Gasteiger partial charge in [0.2, 0.25) is 0 Å². The summed E-state index contributed by atoms with van der Waals surface area (Å²) in [4.78, 5) is 12.1. The topological polar surface area (TPSA) is 49.3 Å². The third-order valence-corrected chi connectivity index (χ3v) is 4.28. The smallest absolute Gasteiger partial charge is 0.256 e. The van der Waals surface area contributed by atoms with E-state index < -0.39 is 0 Å². The number of anilines is 1. The molecule has 0 atom stereocenters. The van der Waals surface area contributed by atoms with Gasteiger partial charge in [-0.15, -0.1) is 11.3 Å². The summed E-state index contributed by atoms with van der Waals surface area (Å²) in [5.74, 6) is 5.73. The minimum absolute atomic E-state index is 0.0658. The van der Waals surface area contributed by atoms with Crippen molar-refractivity contribution < 1.29 is 9.90 Å². The van der Waals surface area contributed by atoms with Crippen LogP contribution in [0.25, 0.3) is 0 Å². The molecule has 0 saturated carbocycles. The van der Waals surface area contributed by atoms with E-state index in [1.165, 1.54) is 11.3 Å². The van der Waals surface area contributed by atoms with Crippen LogP contribution in [0.5, 0.6) is 0 Å². The van der Waals surface area contributed by atoms with E-state index in [0.717, 1.165) is 20.6 Å². The Morgan fingerprint density at radius 1 is 1.43 bits per heavy atom. The Morgan fingerprint density at radius 3 is 2.86 bits per heavy atom. The van der Waals surface area contributed by atoms with Gasteiger partial charge in [0.1, 0.15) is 0 Å². The highest BCUT2D eigenvalue weighted by molar-refractivity contribution is 9.11. The van der Waals surface area contributed by atoms with Crippen molar-refractivity contribution >= 4 is 38.9 Å². The zero-order valence-electron chi connectivity index (χ0n) is 11.4. The highest BCUT2D eigenvalue weighted by Crippen LogP contribution is 2.22. The summed E-state index contributed by atoms with van der Waals surface area (Å²) >= 11 is 4.82. The molecule has 0 bridgehead atoms. The van der Waals surface area contributed by atoms with Gasteiger partial charge in [0, 0.05) is 23.1 Å². The SMILES string of the molecule is Cc1cc(C#CCCO)ccc1NC(=O)c1csc(Br)c1. The van der Waals surface area contributed by atoms with Gasteiger partial charge >= 0.3 is 0 Å². The van der Waals surface area contributed by atoms with Gasteiger partial charge in [-0.3, -0.25) is 4.79 Å². The van der Waals surface area contributed by atoms with Crippen LogP contribution in [0.4, 0.5) is 5.69 Å². The zero-order chi connectivity index (χ0) is 15.2. The lowest BCUT2D eigenvalue weighted by molar-refractivity contribution is 0.102. The first kappa shape index (κ1) is 15.8. The number of thiophene rings is 1. The number of aliphatic hydroxyl groups is 1. The van der Waals surface area contributed by atoms with Gasteiger partial charge < -0.3 is 10.4 Å². The maximum atomic E-state index is 12.1. The fraction of sp³-hybridized carbons (Fsp3) is 0.188. The van der Waals surface area contributed by atoms with Crippen LogP contribution in [-0.2, 0) is 0 Å². The predicted octanol–water partition coefficient (Wildman–Crippen LogP) is 3.81. The molecular weight excluding hydrogens is 350 g/mol. The Hall–Kier alpha value is -1.61. The van der Waals surface area contributed by atoms with Gasteiger partial charge in [-0.05, 0) is 52.7 Å². The molecule has 2 N–H and O–H groups in total. The first-order chi connectivity index (χ1) is 10.1. The van der Waals surface area contributed by atoms with Crippen LogP contribution in [0.1, 0.15) is 27.9 Å². The van der Waals surface area contributed by atoms with Crippen LogP contribution < -0.4 is 5.32 Å². The van der Waals surface area contributed by atoms with Gasteiger partial charge in [0.25, 0.3) is 5.91 Å². The number of aryl methyl sites for hydroxylation is 1. The van der Waals surface area contributed by atoms with Crippen LogP contribution in [-0.4, -0.2) is 17.6 Å². The Kier molecular flexibility index (Phi) is 5.57. The summed E-state index contributed by atoms with van der Waals surface area (Å²) in [6.45, 7) is 1.99. The number of nitrogens with one attached hydrogen (secondary N) is 1. The fourth-order valence-corrected chi connectivity index (χ4v) is 2.86. The van der Waals surface area contributed by atoms with Crippen LogP contribution in [0.2, 0.25) is 0 Å². The minimum atomic E-state index is -0.126. The zero-order valence-corrected chi connectivity index (χ0v) is 13.8. The number of amides is 1. The van der Waals surface area contributed by atoms with E-state index in [2.05, 4.69) is 33.1 Å². The highest BCUT2D eigenvalue weighted by Gasteiger charge is 2.09. The monoisotopic (exact) mass is 363 g/mol. The number of halogens is 1. The predicted molar refractivity (Wildman–Crippen MR) is 89.7 cm³/mol. The van der Waals surface area contributed by atoms with E-state index >= 15 is 0 Å². The third kappa shape index (κ3) is 4.43. The number of hydrogen-bond acceptors (Lipinski definition) is 3. The molecule has 5 heteroatoms. The molecule has 0 aliphatic heterocycles. The highest BCUT2D eigenvalue weighted by atomic mass is 79.9. The van der Waals surface area contributed by atoms with Gasteiger partial charge in [-0.1, -0.05) is 11.8 Å². The average molecular weight is 364 g/mol. The van der Waals surface area contributed by atoms with E-state index in [9.17, 15) is 4.79 Å². The molecule has 0 spiro atoms. The molecule has 2 rings (SSSR count). The van der Waals surface area contributed by atoms with Crippen molar-refractivity contribution in [1.82, 2.24) is 0 Å². The van der Waals surface area contributed by atoms with Gasteiger partial charge in [-0.25, -0.2) is 0 Å². The van der Waals surface area contributed by atoms with Crippen molar-refractivity contribution in [1.29, 1.82) is 0 Å². The van der Waals surface area contributed by atoms with Crippen LogP contribution in [0, 0.1) is 18.8 Å². The summed E-state index contributed by atoms with van der Waals surface area (Å²) < 4.78 is 0.930. The molecule has 21 heavy (non-hydrogen) atoms. The molecule has 108 valence electrons. The quantitative estimate of drug-likeness (QED) is 0.814. The van der Waals surface area contributed by atoms with Gasteiger partial charge in [0.15, 0.2) is 0 Å². The van der Waals surface area contributed by atoms with Crippen molar-refractivity contribution in [3.8, 4) is 11.8 Å². The second-order valence-corrected chi connectivity index (χ2v) is 6.69. The molecule has 2 aromatic rings. The molecule has 1 aromatic heterocycles. The van der Waals surface area contributed by atoms with Crippen molar-refractivity contribution in [2.24, 2.45) is 0 Å². The van der Waals surface area contributed by atoms with E-state index in [1.54, 1.807) is 6.07 Å². The average Bonchev–Trinajstić information content (AvgIpc) is 2.89. The molecule has 0 saturated heterocycles. The van der Waals surface area contributed by atoms with E-state index in [0.29, 0.717) is 12.0 Å². The Bertz CT molecular complexity index is 713.